The van der Waals surface area contributed by atoms with Gasteiger partial charge in [0.1, 0.15) is 0 Å². The highest BCUT2D eigenvalue weighted by Gasteiger charge is 2.39. The first kappa shape index (κ1) is 17.8. The molecule has 0 amide bonds. The van der Waals surface area contributed by atoms with Crippen molar-refractivity contribution >= 4 is 18.5 Å². The van der Waals surface area contributed by atoms with Crippen LogP contribution in [-0.4, -0.2) is 58.7 Å². The van der Waals surface area contributed by atoms with Crippen molar-refractivity contribution in [2.75, 3.05) is 25.6 Å². The highest BCUT2D eigenvalue weighted by atomic mass is 16.5. The number of nitrogens with one attached hydrogen (secondary N) is 1. The van der Waals surface area contributed by atoms with Crippen LogP contribution < -0.4 is 10.8 Å². The fourth-order valence-corrected chi connectivity index (χ4v) is 1.31. The monoisotopic (exact) mass is 297 g/mol. The molecule has 0 aliphatic rings. The average molecular weight is 297 g/mol. The fraction of sp³-hybridized carbons (Fsp3) is 0.692. The minimum Gasteiger partial charge on any atom is -0.423 e. The fourth-order valence-electron chi connectivity index (χ4n) is 1.31. The van der Waals surface area contributed by atoms with Gasteiger partial charge in [0, 0.05) is 31.5 Å². The van der Waals surface area contributed by atoms with E-state index in [0.717, 1.165) is 0 Å². The van der Waals surface area contributed by atoms with Gasteiger partial charge in [-0.1, -0.05) is 0 Å². The van der Waals surface area contributed by atoms with Gasteiger partial charge in [0.25, 0.3) is 0 Å². The molecule has 0 saturated carbocycles. The van der Waals surface area contributed by atoms with Crippen molar-refractivity contribution in [3.8, 4) is 0 Å². The molecule has 7 nitrogen and oxygen atoms in total. The molecule has 21 heavy (non-hydrogen) atoms. The first-order valence-corrected chi connectivity index (χ1v) is 6.80. The molecule has 0 radical (unpaired) electrons. The van der Waals surface area contributed by atoms with Crippen molar-refractivity contribution in [2.45, 2.75) is 38.9 Å². The van der Waals surface area contributed by atoms with Gasteiger partial charge >= 0.3 is 7.12 Å². The smallest absolute Gasteiger partial charge is 0.423 e. The molecule has 3 N–H and O–H groups in total. The Labute approximate surface area is 125 Å². The van der Waals surface area contributed by atoms with Crippen LogP contribution in [0.1, 0.15) is 27.7 Å². The van der Waals surface area contributed by atoms with Crippen LogP contribution in [0.2, 0.25) is 0 Å². The standard InChI is InChI=1S/C13H24BN3O4/c1-12(2,18)13(3,4)21-14(19)10-8-16-11(17-9-10)15-6-7-20-5/h8-9,18-19H,6-7H2,1-5H3,(H,15,16,17). The highest BCUT2D eigenvalue weighted by Crippen LogP contribution is 2.25. The molecule has 0 saturated heterocycles. The first-order valence-electron chi connectivity index (χ1n) is 6.80. The van der Waals surface area contributed by atoms with Gasteiger partial charge in [0.2, 0.25) is 5.95 Å². The minimum absolute atomic E-state index is 0.421. The zero-order valence-electron chi connectivity index (χ0n) is 13.3. The second-order valence-electron chi connectivity index (χ2n) is 5.80. The Balaban J connectivity index is 2.65. The van der Waals surface area contributed by atoms with Crippen molar-refractivity contribution in [3.63, 3.8) is 0 Å². The van der Waals surface area contributed by atoms with Crippen molar-refractivity contribution in [1.29, 1.82) is 0 Å². The minimum atomic E-state index is -1.21. The predicted molar refractivity (Wildman–Crippen MR) is 81.5 cm³/mol. The number of hydrogen-bond donors (Lipinski definition) is 3. The van der Waals surface area contributed by atoms with Gasteiger partial charge in [-0.15, -0.1) is 0 Å². The second-order valence-corrected chi connectivity index (χ2v) is 5.80. The molecule has 8 heteroatoms. The molecular formula is C13H24BN3O4. The topological polar surface area (TPSA) is 96.7 Å². The quantitative estimate of drug-likeness (QED) is 0.451. The van der Waals surface area contributed by atoms with Crippen LogP contribution in [0.5, 0.6) is 0 Å². The van der Waals surface area contributed by atoms with E-state index >= 15 is 0 Å². The average Bonchev–Trinajstić information content (AvgIpc) is 2.38. The lowest BCUT2D eigenvalue weighted by Gasteiger charge is -2.38. The summed E-state index contributed by atoms with van der Waals surface area (Å²) in [4.78, 5) is 8.17. The van der Waals surface area contributed by atoms with E-state index in [0.29, 0.717) is 24.6 Å². The molecule has 118 valence electrons. The first-order chi connectivity index (χ1) is 9.67. The third kappa shape index (κ3) is 5.24. The summed E-state index contributed by atoms with van der Waals surface area (Å²) in [5.41, 5.74) is -1.61. The van der Waals surface area contributed by atoms with Gasteiger partial charge in [-0.3, -0.25) is 0 Å². The van der Waals surface area contributed by atoms with E-state index in [-0.39, 0.29) is 0 Å². The molecule has 1 rings (SSSR count). The molecule has 1 aromatic heterocycles. The maximum atomic E-state index is 10.1. The summed E-state index contributed by atoms with van der Waals surface area (Å²) < 4.78 is 10.4. The Kier molecular flexibility index (Phi) is 6.09. The summed E-state index contributed by atoms with van der Waals surface area (Å²) in [6, 6.07) is 0. The van der Waals surface area contributed by atoms with Gasteiger partial charge in [-0.05, 0) is 27.7 Å². The van der Waals surface area contributed by atoms with Gasteiger partial charge in [0.15, 0.2) is 0 Å². The lowest BCUT2D eigenvalue weighted by Crippen LogP contribution is -2.53. The summed E-state index contributed by atoms with van der Waals surface area (Å²) >= 11 is 0. The SMILES string of the molecule is COCCNc1ncc(B(O)OC(C)(C)C(C)(C)O)cn1. The van der Waals surface area contributed by atoms with Crippen LogP contribution in [0.4, 0.5) is 5.95 Å². The Morgan fingerprint density at radius 3 is 2.29 bits per heavy atom. The van der Waals surface area contributed by atoms with Crippen LogP contribution in [0.15, 0.2) is 12.4 Å². The number of aliphatic hydroxyl groups is 1. The molecule has 0 fully saturated rings. The molecule has 1 heterocycles. The van der Waals surface area contributed by atoms with Gasteiger partial charge < -0.3 is 24.8 Å². The number of anilines is 1. The summed E-state index contributed by atoms with van der Waals surface area (Å²) in [7, 11) is 0.406. The number of nitrogens with zero attached hydrogens (tertiary/aromatic N) is 2. The third-order valence-corrected chi connectivity index (χ3v) is 3.43. The second kappa shape index (κ2) is 7.17. The van der Waals surface area contributed by atoms with E-state index in [1.807, 2.05) is 0 Å². The Bertz CT molecular complexity index is 434. The third-order valence-electron chi connectivity index (χ3n) is 3.43. The lowest BCUT2D eigenvalue weighted by atomic mass is 9.78. The van der Waals surface area contributed by atoms with E-state index in [1.54, 1.807) is 34.8 Å². The summed E-state index contributed by atoms with van der Waals surface area (Å²) in [5.74, 6) is 0.449. The maximum Gasteiger partial charge on any atom is 0.494 e. The predicted octanol–water partition coefficient (Wildman–Crippen LogP) is -0.211. The Morgan fingerprint density at radius 1 is 1.24 bits per heavy atom. The number of methoxy groups -OCH3 is 1. The van der Waals surface area contributed by atoms with Gasteiger partial charge in [-0.25, -0.2) is 9.97 Å². The molecule has 1 aromatic rings. The Morgan fingerprint density at radius 2 is 1.81 bits per heavy atom. The van der Waals surface area contributed by atoms with Crippen molar-refractivity contribution in [3.05, 3.63) is 12.4 Å². The largest absolute Gasteiger partial charge is 0.494 e. The molecule has 0 spiro atoms. The molecule has 0 aliphatic heterocycles. The van der Waals surface area contributed by atoms with Gasteiger partial charge in [0.05, 0.1) is 17.8 Å². The normalized spacial score (nSPS) is 12.3. The zero-order valence-corrected chi connectivity index (χ0v) is 13.3. The van der Waals surface area contributed by atoms with E-state index < -0.39 is 18.3 Å². The Hall–Kier alpha value is -1.22. The van der Waals surface area contributed by atoms with E-state index in [9.17, 15) is 10.1 Å². The zero-order chi connectivity index (χ0) is 16.1. The van der Waals surface area contributed by atoms with Crippen molar-refractivity contribution in [2.24, 2.45) is 0 Å². The van der Waals surface area contributed by atoms with E-state index in [4.69, 9.17) is 9.39 Å². The van der Waals surface area contributed by atoms with Gasteiger partial charge in [-0.2, -0.15) is 0 Å². The van der Waals surface area contributed by atoms with Crippen molar-refractivity contribution < 1.29 is 19.5 Å². The van der Waals surface area contributed by atoms with Crippen molar-refractivity contribution in [1.82, 2.24) is 9.97 Å². The molecule has 0 atom stereocenters. The van der Waals surface area contributed by atoms with E-state index in [1.165, 1.54) is 12.4 Å². The number of aromatic nitrogens is 2. The summed E-state index contributed by atoms with van der Waals surface area (Å²) in [5, 5.41) is 23.1. The lowest BCUT2D eigenvalue weighted by molar-refractivity contribution is -0.0982. The maximum absolute atomic E-state index is 10.1. The molecule has 0 aliphatic carbocycles. The molecular weight excluding hydrogens is 273 g/mol. The number of hydrogen-bond acceptors (Lipinski definition) is 7. The summed E-state index contributed by atoms with van der Waals surface area (Å²) in [6.07, 6.45) is 2.96. The molecule has 0 aromatic carbocycles. The number of ether oxygens (including phenoxy) is 1. The van der Waals surface area contributed by atoms with Crippen LogP contribution >= 0.6 is 0 Å². The van der Waals surface area contributed by atoms with Crippen LogP contribution in [0.3, 0.4) is 0 Å². The molecule has 0 unspecified atom stereocenters. The van der Waals surface area contributed by atoms with Crippen LogP contribution in [-0.2, 0) is 9.39 Å². The van der Waals surface area contributed by atoms with E-state index in [2.05, 4.69) is 15.3 Å². The van der Waals surface area contributed by atoms with Crippen LogP contribution in [0.25, 0.3) is 0 Å². The highest BCUT2D eigenvalue weighted by molar-refractivity contribution is 6.59. The number of rotatable bonds is 8. The summed E-state index contributed by atoms with van der Waals surface area (Å²) in [6.45, 7) is 7.81. The van der Waals surface area contributed by atoms with Crippen LogP contribution in [0, 0.1) is 0 Å². The molecule has 0 bridgehead atoms.